The number of carbonyl (C=O) groups is 1. The first-order chi connectivity index (χ1) is 7.58. The molecule has 88 valence electrons. The first-order valence-corrected chi connectivity index (χ1v) is 5.89. The fourth-order valence-electron chi connectivity index (χ4n) is 0.992. The molecule has 0 aliphatic carbocycles. The molecule has 0 aromatic heterocycles. The average molecular weight is 243 g/mol. The molecule has 0 heterocycles. The summed E-state index contributed by atoms with van der Waals surface area (Å²) >= 11 is 1.33. The fraction of sp³-hybridized carbons (Fsp3) is 0.364. The lowest BCUT2D eigenvalue weighted by Gasteiger charge is -2.06. The van der Waals surface area contributed by atoms with Gasteiger partial charge in [0.25, 0.3) is 0 Å². The van der Waals surface area contributed by atoms with Crippen LogP contribution in [0.5, 0.6) is 0 Å². The van der Waals surface area contributed by atoms with Crippen LogP contribution in [0.2, 0.25) is 0 Å². The normalized spacial score (nSPS) is 12.2. The van der Waals surface area contributed by atoms with Gasteiger partial charge in [0.2, 0.25) is 5.91 Å². The lowest BCUT2D eigenvalue weighted by molar-refractivity contribution is -0.118. The molecule has 1 atom stereocenters. The van der Waals surface area contributed by atoms with Gasteiger partial charge in [0.1, 0.15) is 5.82 Å². The molecule has 0 fully saturated rings. The van der Waals surface area contributed by atoms with Crippen LogP contribution >= 0.6 is 11.8 Å². The lowest BCUT2D eigenvalue weighted by Crippen LogP contribution is -2.31. The number of hydrogen-bond acceptors (Lipinski definition) is 3. The standard InChI is InChI=1S/C11H14FNO2S/c1-8(14)6-13-11(15)7-16-10-4-2-9(12)3-5-10/h2-5,8,14H,6-7H2,1H3,(H,13,15)/t8-/m1/s1. The topological polar surface area (TPSA) is 49.3 Å². The molecule has 1 aromatic carbocycles. The third-order valence-electron chi connectivity index (χ3n) is 1.78. The van der Waals surface area contributed by atoms with Gasteiger partial charge in [0.15, 0.2) is 0 Å². The molecule has 0 radical (unpaired) electrons. The molecule has 0 saturated carbocycles. The number of aliphatic hydroxyl groups excluding tert-OH is 1. The third kappa shape index (κ3) is 5.14. The summed E-state index contributed by atoms with van der Waals surface area (Å²) < 4.78 is 12.6. The van der Waals surface area contributed by atoms with Crippen LogP contribution in [0.15, 0.2) is 29.2 Å². The number of aliphatic hydroxyl groups is 1. The van der Waals surface area contributed by atoms with Crippen LogP contribution in [0.4, 0.5) is 4.39 Å². The Kier molecular flexibility index (Phi) is 5.28. The van der Waals surface area contributed by atoms with Gasteiger partial charge >= 0.3 is 0 Å². The summed E-state index contributed by atoms with van der Waals surface area (Å²) in [4.78, 5) is 12.1. The number of halogens is 1. The van der Waals surface area contributed by atoms with Crippen LogP contribution in [-0.4, -0.2) is 29.4 Å². The van der Waals surface area contributed by atoms with E-state index in [1.807, 2.05) is 0 Å². The Morgan fingerprint density at radius 1 is 1.50 bits per heavy atom. The van der Waals surface area contributed by atoms with Crippen molar-refractivity contribution in [3.8, 4) is 0 Å². The number of rotatable bonds is 5. The summed E-state index contributed by atoms with van der Waals surface area (Å²) in [6.07, 6.45) is -0.542. The molecule has 1 aromatic rings. The van der Waals surface area contributed by atoms with E-state index in [4.69, 9.17) is 5.11 Å². The minimum atomic E-state index is -0.542. The first-order valence-electron chi connectivity index (χ1n) is 4.91. The predicted octanol–water partition coefficient (Wildman–Crippen LogP) is 1.41. The van der Waals surface area contributed by atoms with E-state index in [0.717, 1.165) is 4.90 Å². The van der Waals surface area contributed by atoms with E-state index < -0.39 is 6.10 Å². The van der Waals surface area contributed by atoms with Gasteiger partial charge in [-0.3, -0.25) is 4.79 Å². The minimum Gasteiger partial charge on any atom is -0.392 e. The molecule has 16 heavy (non-hydrogen) atoms. The molecule has 2 N–H and O–H groups in total. The zero-order valence-corrected chi connectivity index (χ0v) is 9.76. The molecule has 1 amide bonds. The van der Waals surface area contributed by atoms with Crippen molar-refractivity contribution in [1.82, 2.24) is 5.32 Å². The van der Waals surface area contributed by atoms with Crippen LogP contribution in [0.1, 0.15) is 6.92 Å². The highest BCUT2D eigenvalue weighted by molar-refractivity contribution is 8.00. The van der Waals surface area contributed by atoms with E-state index in [2.05, 4.69) is 5.32 Å². The van der Waals surface area contributed by atoms with Gasteiger partial charge in [-0.15, -0.1) is 11.8 Å². The van der Waals surface area contributed by atoms with Crippen molar-refractivity contribution < 1.29 is 14.3 Å². The molecule has 5 heteroatoms. The Balaban J connectivity index is 2.29. The van der Waals surface area contributed by atoms with Crippen LogP contribution < -0.4 is 5.32 Å². The highest BCUT2D eigenvalue weighted by atomic mass is 32.2. The molecule has 1 rings (SSSR count). The smallest absolute Gasteiger partial charge is 0.230 e. The number of hydrogen-bond donors (Lipinski definition) is 2. The molecule has 0 spiro atoms. The van der Waals surface area contributed by atoms with E-state index in [-0.39, 0.29) is 24.0 Å². The zero-order chi connectivity index (χ0) is 12.0. The van der Waals surface area contributed by atoms with Crippen LogP contribution in [0.25, 0.3) is 0 Å². The molecule has 0 saturated heterocycles. The number of nitrogens with one attached hydrogen (secondary N) is 1. The molecule has 3 nitrogen and oxygen atoms in total. The first kappa shape index (κ1) is 13.0. The second-order valence-electron chi connectivity index (χ2n) is 3.40. The lowest BCUT2D eigenvalue weighted by atomic mass is 10.4. The van der Waals surface area contributed by atoms with E-state index in [9.17, 15) is 9.18 Å². The molecule has 0 unspecified atom stereocenters. The summed E-state index contributed by atoms with van der Waals surface area (Å²) in [6.45, 7) is 1.86. The number of benzene rings is 1. The van der Waals surface area contributed by atoms with Gasteiger partial charge in [-0.25, -0.2) is 4.39 Å². The number of thioether (sulfide) groups is 1. The van der Waals surface area contributed by atoms with E-state index in [1.54, 1.807) is 19.1 Å². The van der Waals surface area contributed by atoms with Crippen molar-refractivity contribution in [3.05, 3.63) is 30.1 Å². The summed E-state index contributed by atoms with van der Waals surface area (Å²) in [5.41, 5.74) is 0. The Morgan fingerprint density at radius 3 is 2.69 bits per heavy atom. The second kappa shape index (κ2) is 6.50. The van der Waals surface area contributed by atoms with Gasteiger partial charge in [-0.2, -0.15) is 0 Å². The number of carbonyl (C=O) groups excluding carboxylic acids is 1. The van der Waals surface area contributed by atoms with Crippen LogP contribution in [0.3, 0.4) is 0 Å². The monoisotopic (exact) mass is 243 g/mol. The van der Waals surface area contributed by atoms with Crippen molar-refractivity contribution in [2.75, 3.05) is 12.3 Å². The predicted molar refractivity (Wildman–Crippen MR) is 61.8 cm³/mol. The van der Waals surface area contributed by atoms with E-state index in [1.165, 1.54) is 23.9 Å². The Labute approximate surface area is 98.1 Å². The maximum Gasteiger partial charge on any atom is 0.230 e. The minimum absolute atomic E-state index is 0.143. The molecular weight excluding hydrogens is 229 g/mol. The van der Waals surface area contributed by atoms with Gasteiger partial charge in [-0.05, 0) is 31.2 Å². The summed E-state index contributed by atoms with van der Waals surface area (Å²) in [6, 6.07) is 5.97. The van der Waals surface area contributed by atoms with E-state index >= 15 is 0 Å². The highest BCUT2D eigenvalue weighted by Gasteiger charge is 2.04. The molecular formula is C11H14FNO2S. The largest absolute Gasteiger partial charge is 0.392 e. The number of amides is 1. The fourth-order valence-corrected chi connectivity index (χ4v) is 1.72. The van der Waals surface area contributed by atoms with Crippen LogP contribution in [0, 0.1) is 5.82 Å². The van der Waals surface area contributed by atoms with Crippen molar-refractivity contribution in [2.24, 2.45) is 0 Å². The Hall–Kier alpha value is -1.07. The quantitative estimate of drug-likeness (QED) is 0.769. The van der Waals surface area contributed by atoms with Gasteiger partial charge in [0, 0.05) is 11.4 Å². The average Bonchev–Trinajstić information content (AvgIpc) is 2.25. The highest BCUT2D eigenvalue weighted by Crippen LogP contribution is 2.17. The van der Waals surface area contributed by atoms with Gasteiger partial charge < -0.3 is 10.4 Å². The van der Waals surface area contributed by atoms with Crippen LogP contribution in [-0.2, 0) is 4.79 Å². The van der Waals surface area contributed by atoms with E-state index in [0.29, 0.717) is 0 Å². The Bertz CT molecular complexity index is 340. The maximum absolute atomic E-state index is 12.6. The third-order valence-corrected chi connectivity index (χ3v) is 2.79. The molecule has 0 aliphatic heterocycles. The molecule has 0 bridgehead atoms. The zero-order valence-electron chi connectivity index (χ0n) is 8.94. The summed E-state index contributed by atoms with van der Waals surface area (Å²) in [7, 11) is 0. The second-order valence-corrected chi connectivity index (χ2v) is 4.44. The van der Waals surface area contributed by atoms with Gasteiger partial charge in [-0.1, -0.05) is 0 Å². The van der Waals surface area contributed by atoms with Crippen molar-refractivity contribution in [3.63, 3.8) is 0 Å². The van der Waals surface area contributed by atoms with Crippen molar-refractivity contribution >= 4 is 17.7 Å². The maximum atomic E-state index is 12.6. The Morgan fingerprint density at radius 2 is 2.12 bits per heavy atom. The summed E-state index contributed by atoms with van der Waals surface area (Å²) in [5.74, 6) is -0.170. The van der Waals surface area contributed by atoms with Crippen molar-refractivity contribution in [2.45, 2.75) is 17.9 Å². The van der Waals surface area contributed by atoms with Gasteiger partial charge in [0.05, 0.1) is 11.9 Å². The molecule has 0 aliphatic rings. The SMILES string of the molecule is C[C@@H](O)CNC(=O)CSc1ccc(F)cc1. The van der Waals surface area contributed by atoms with Crippen molar-refractivity contribution in [1.29, 1.82) is 0 Å². The summed E-state index contributed by atoms with van der Waals surface area (Å²) in [5, 5.41) is 11.5.